The quantitative estimate of drug-likeness (QED) is 0.898. The number of hydrogen-bond donors (Lipinski definition) is 1. The van der Waals surface area contributed by atoms with Crippen molar-refractivity contribution in [1.29, 1.82) is 0 Å². The molecule has 0 atom stereocenters. The molecule has 3 nitrogen and oxygen atoms in total. The van der Waals surface area contributed by atoms with Crippen molar-refractivity contribution < 1.29 is 0 Å². The van der Waals surface area contributed by atoms with E-state index in [0.717, 1.165) is 18.1 Å². The van der Waals surface area contributed by atoms with Crippen LogP contribution in [0.5, 0.6) is 0 Å². The van der Waals surface area contributed by atoms with Gasteiger partial charge in [-0.3, -0.25) is 0 Å². The Labute approximate surface area is 109 Å². The molecule has 2 aromatic rings. The predicted octanol–water partition coefficient (Wildman–Crippen LogP) is 2.89. The van der Waals surface area contributed by atoms with Crippen molar-refractivity contribution in [2.75, 3.05) is 7.05 Å². The van der Waals surface area contributed by atoms with E-state index in [2.05, 4.69) is 59.9 Å². The van der Waals surface area contributed by atoms with Gasteiger partial charge in [0.2, 0.25) is 0 Å². The fraction of sp³-hybridized carbons (Fsp3) is 0.400. The second-order valence-corrected chi connectivity index (χ2v) is 5.54. The smallest absolute Gasteiger partial charge is 0.127 e. The molecule has 0 bridgehead atoms. The molecule has 1 N–H and O–H groups in total. The van der Waals surface area contributed by atoms with E-state index in [1.54, 1.807) is 0 Å². The average molecular weight is 243 g/mol. The van der Waals surface area contributed by atoms with E-state index in [9.17, 15) is 0 Å². The Bertz CT molecular complexity index is 503. The molecule has 0 radical (unpaired) electrons. The molecule has 0 unspecified atom stereocenters. The number of hydrogen-bond acceptors (Lipinski definition) is 2. The molecule has 0 spiro atoms. The molecule has 0 fully saturated rings. The highest BCUT2D eigenvalue weighted by atomic mass is 15.1. The first-order chi connectivity index (χ1) is 8.52. The number of nitrogens with zero attached hydrogens (tertiary/aromatic N) is 2. The van der Waals surface area contributed by atoms with Crippen LogP contribution < -0.4 is 5.32 Å². The highest BCUT2D eigenvalue weighted by Gasteiger charge is 2.13. The standard InChI is InChI=1S/C15H21N3/c1-15(2,3)12-5-7-13(8-6-12)18-10-9-17-14(18)11-16-4/h5-10,16H,11H2,1-4H3. The molecule has 1 heterocycles. The van der Waals surface area contributed by atoms with Gasteiger partial charge in [-0.1, -0.05) is 32.9 Å². The van der Waals surface area contributed by atoms with Crippen LogP contribution >= 0.6 is 0 Å². The highest BCUT2D eigenvalue weighted by molar-refractivity contribution is 5.38. The summed E-state index contributed by atoms with van der Waals surface area (Å²) < 4.78 is 2.11. The Morgan fingerprint density at radius 2 is 1.83 bits per heavy atom. The number of imidazole rings is 1. The fourth-order valence-electron chi connectivity index (χ4n) is 1.98. The highest BCUT2D eigenvalue weighted by Crippen LogP contribution is 2.23. The third-order valence-corrected chi connectivity index (χ3v) is 3.06. The summed E-state index contributed by atoms with van der Waals surface area (Å²) >= 11 is 0. The summed E-state index contributed by atoms with van der Waals surface area (Å²) in [6.45, 7) is 7.46. The minimum atomic E-state index is 0.196. The van der Waals surface area contributed by atoms with Crippen LogP contribution in [0.15, 0.2) is 36.7 Å². The maximum Gasteiger partial charge on any atom is 0.127 e. The van der Waals surface area contributed by atoms with Crippen LogP contribution in [0.25, 0.3) is 5.69 Å². The molecule has 0 saturated carbocycles. The zero-order valence-corrected chi connectivity index (χ0v) is 11.6. The summed E-state index contributed by atoms with van der Waals surface area (Å²) in [6.07, 6.45) is 3.84. The van der Waals surface area contributed by atoms with Crippen molar-refractivity contribution in [3.63, 3.8) is 0 Å². The van der Waals surface area contributed by atoms with Gasteiger partial charge in [-0.25, -0.2) is 4.98 Å². The van der Waals surface area contributed by atoms with Gasteiger partial charge >= 0.3 is 0 Å². The van der Waals surface area contributed by atoms with E-state index < -0.39 is 0 Å². The summed E-state index contributed by atoms with van der Waals surface area (Å²) in [5.41, 5.74) is 2.70. The van der Waals surface area contributed by atoms with Crippen LogP contribution in [0, 0.1) is 0 Å². The Morgan fingerprint density at radius 3 is 2.39 bits per heavy atom. The van der Waals surface area contributed by atoms with Gasteiger partial charge in [-0.2, -0.15) is 0 Å². The van der Waals surface area contributed by atoms with E-state index in [1.165, 1.54) is 5.56 Å². The lowest BCUT2D eigenvalue weighted by Gasteiger charge is -2.19. The number of benzene rings is 1. The van der Waals surface area contributed by atoms with Gasteiger partial charge in [0.1, 0.15) is 5.82 Å². The van der Waals surface area contributed by atoms with Crippen molar-refractivity contribution in [2.24, 2.45) is 0 Å². The number of aromatic nitrogens is 2. The molecule has 2 rings (SSSR count). The third-order valence-electron chi connectivity index (χ3n) is 3.06. The van der Waals surface area contributed by atoms with Gasteiger partial charge in [0, 0.05) is 18.1 Å². The molecule has 3 heteroatoms. The van der Waals surface area contributed by atoms with Gasteiger partial charge in [-0.15, -0.1) is 0 Å². The van der Waals surface area contributed by atoms with Gasteiger partial charge < -0.3 is 9.88 Å². The third kappa shape index (κ3) is 2.62. The molecule has 0 saturated heterocycles. The van der Waals surface area contributed by atoms with Gasteiger partial charge in [0.05, 0.1) is 6.54 Å². The second kappa shape index (κ2) is 4.94. The second-order valence-electron chi connectivity index (χ2n) is 5.54. The van der Waals surface area contributed by atoms with Crippen LogP contribution in [-0.4, -0.2) is 16.6 Å². The maximum atomic E-state index is 4.35. The van der Waals surface area contributed by atoms with E-state index in [1.807, 2.05) is 19.4 Å². The van der Waals surface area contributed by atoms with E-state index in [0.29, 0.717) is 0 Å². The van der Waals surface area contributed by atoms with Crippen LogP contribution in [0.2, 0.25) is 0 Å². The SMILES string of the molecule is CNCc1nccn1-c1ccc(C(C)(C)C)cc1. The fourth-order valence-corrected chi connectivity index (χ4v) is 1.98. The Hall–Kier alpha value is -1.61. The lowest BCUT2D eigenvalue weighted by Crippen LogP contribution is -2.12. The molecular weight excluding hydrogens is 222 g/mol. The average Bonchev–Trinajstić information content (AvgIpc) is 2.77. The zero-order chi connectivity index (χ0) is 13.2. The van der Waals surface area contributed by atoms with E-state index in [4.69, 9.17) is 0 Å². The van der Waals surface area contributed by atoms with Gasteiger partial charge in [0.15, 0.2) is 0 Å². The van der Waals surface area contributed by atoms with E-state index in [-0.39, 0.29) is 5.41 Å². The lowest BCUT2D eigenvalue weighted by molar-refractivity contribution is 0.590. The van der Waals surface area contributed by atoms with E-state index >= 15 is 0 Å². The largest absolute Gasteiger partial charge is 0.313 e. The topological polar surface area (TPSA) is 29.9 Å². The van der Waals surface area contributed by atoms with Crippen molar-refractivity contribution in [1.82, 2.24) is 14.9 Å². The molecule has 0 amide bonds. The Balaban J connectivity index is 2.32. The summed E-state index contributed by atoms with van der Waals surface area (Å²) in [5, 5.41) is 3.13. The molecule has 0 aliphatic carbocycles. The van der Waals surface area contributed by atoms with Crippen LogP contribution in [0.4, 0.5) is 0 Å². The first kappa shape index (κ1) is 12.8. The summed E-state index contributed by atoms with van der Waals surface area (Å²) in [4.78, 5) is 4.35. The van der Waals surface area contributed by atoms with Crippen molar-refractivity contribution in [2.45, 2.75) is 32.7 Å². The maximum absolute atomic E-state index is 4.35. The molecule has 0 aliphatic heterocycles. The molecule has 1 aromatic heterocycles. The van der Waals surface area contributed by atoms with Crippen LogP contribution in [-0.2, 0) is 12.0 Å². The number of rotatable bonds is 3. The lowest BCUT2D eigenvalue weighted by atomic mass is 9.87. The predicted molar refractivity (Wildman–Crippen MR) is 75.0 cm³/mol. The minimum Gasteiger partial charge on any atom is -0.313 e. The molecular formula is C15H21N3. The first-order valence-corrected chi connectivity index (χ1v) is 6.30. The van der Waals surface area contributed by atoms with Crippen molar-refractivity contribution >= 4 is 0 Å². The normalized spacial score (nSPS) is 11.8. The summed E-state index contributed by atoms with van der Waals surface area (Å²) in [5.74, 6) is 1.03. The number of nitrogens with one attached hydrogen (secondary N) is 1. The van der Waals surface area contributed by atoms with Crippen LogP contribution in [0.1, 0.15) is 32.2 Å². The summed E-state index contributed by atoms with van der Waals surface area (Å²) in [7, 11) is 1.93. The zero-order valence-electron chi connectivity index (χ0n) is 11.6. The Morgan fingerprint density at radius 1 is 1.17 bits per heavy atom. The monoisotopic (exact) mass is 243 g/mol. The van der Waals surface area contributed by atoms with Crippen molar-refractivity contribution in [3.8, 4) is 5.69 Å². The van der Waals surface area contributed by atoms with Gasteiger partial charge in [-0.05, 0) is 30.2 Å². The minimum absolute atomic E-state index is 0.196. The molecule has 18 heavy (non-hydrogen) atoms. The van der Waals surface area contributed by atoms with Crippen molar-refractivity contribution in [3.05, 3.63) is 48.0 Å². The van der Waals surface area contributed by atoms with Crippen LogP contribution in [0.3, 0.4) is 0 Å². The first-order valence-electron chi connectivity index (χ1n) is 6.30. The molecule has 96 valence electrons. The van der Waals surface area contributed by atoms with Gasteiger partial charge in [0.25, 0.3) is 0 Å². The summed E-state index contributed by atoms with van der Waals surface area (Å²) in [6, 6.07) is 8.69. The molecule has 0 aliphatic rings. The Kier molecular flexibility index (Phi) is 3.53. The molecule has 1 aromatic carbocycles.